The Balaban J connectivity index is 0.960. The van der Waals surface area contributed by atoms with Crippen molar-refractivity contribution in [2.45, 2.75) is 0 Å². The van der Waals surface area contributed by atoms with E-state index in [0.717, 1.165) is 87.8 Å². The second-order valence-electron chi connectivity index (χ2n) is 16.4. The molecular formula is C57H32N4O2. The summed E-state index contributed by atoms with van der Waals surface area (Å²) in [6.45, 7) is 0. The molecule has 0 atom stereocenters. The van der Waals surface area contributed by atoms with E-state index in [9.17, 15) is 0 Å². The maximum atomic E-state index is 6.72. The number of para-hydroxylation sites is 2. The van der Waals surface area contributed by atoms with Gasteiger partial charge in [-0.25, -0.2) is 15.0 Å². The molecule has 6 nitrogen and oxygen atoms in total. The molecular weight excluding hydrogens is 773 g/mol. The predicted octanol–water partition coefficient (Wildman–Crippen LogP) is 15.2. The summed E-state index contributed by atoms with van der Waals surface area (Å²) in [6.07, 6.45) is 0. The Bertz CT molecular complexity index is 4230. The van der Waals surface area contributed by atoms with Crippen LogP contribution >= 0.6 is 0 Å². The molecule has 14 aromatic rings. The van der Waals surface area contributed by atoms with Gasteiger partial charge in [0, 0.05) is 54.7 Å². The number of aromatic nitrogens is 4. The monoisotopic (exact) mass is 804 g/mol. The van der Waals surface area contributed by atoms with Gasteiger partial charge >= 0.3 is 0 Å². The molecule has 10 aromatic carbocycles. The molecule has 0 aliphatic rings. The van der Waals surface area contributed by atoms with Gasteiger partial charge in [-0.05, 0) is 99.0 Å². The quantitative estimate of drug-likeness (QED) is 0.177. The molecule has 0 radical (unpaired) electrons. The van der Waals surface area contributed by atoms with Crippen molar-refractivity contribution in [3.63, 3.8) is 0 Å². The third-order valence-corrected chi connectivity index (χ3v) is 12.8. The van der Waals surface area contributed by atoms with Crippen LogP contribution in [0.5, 0.6) is 0 Å². The Kier molecular flexibility index (Phi) is 7.02. The summed E-state index contributed by atoms with van der Waals surface area (Å²) in [6, 6.07) is 68.1. The van der Waals surface area contributed by atoms with Crippen LogP contribution in [0.25, 0.3) is 138 Å². The van der Waals surface area contributed by atoms with Gasteiger partial charge in [0.25, 0.3) is 0 Å². The van der Waals surface area contributed by atoms with E-state index in [0.29, 0.717) is 17.5 Å². The van der Waals surface area contributed by atoms with Crippen molar-refractivity contribution in [1.29, 1.82) is 0 Å². The van der Waals surface area contributed by atoms with Crippen LogP contribution in [0.3, 0.4) is 0 Å². The molecule has 0 aliphatic carbocycles. The van der Waals surface area contributed by atoms with Crippen LogP contribution in [0.1, 0.15) is 0 Å². The highest BCUT2D eigenvalue weighted by atomic mass is 16.3. The number of rotatable bonds is 4. The van der Waals surface area contributed by atoms with Crippen LogP contribution in [0, 0.1) is 0 Å². The number of nitrogens with zero attached hydrogens (tertiary/aromatic N) is 4. The van der Waals surface area contributed by atoms with Crippen molar-refractivity contribution in [3.8, 4) is 39.9 Å². The smallest absolute Gasteiger partial charge is 0.164 e. The molecule has 0 bridgehead atoms. The van der Waals surface area contributed by atoms with Gasteiger partial charge in [0.2, 0.25) is 0 Å². The Morgan fingerprint density at radius 3 is 1.81 bits per heavy atom. The third kappa shape index (κ3) is 5.15. The first-order valence-corrected chi connectivity index (χ1v) is 21.2. The lowest BCUT2D eigenvalue weighted by Crippen LogP contribution is -2.00. The second-order valence-corrected chi connectivity index (χ2v) is 16.4. The summed E-state index contributed by atoms with van der Waals surface area (Å²) >= 11 is 0. The maximum Gasteiger partial charge on any atom is 0.164 e. The highest BCUT2D eigenvalue weighted by Crippen LogP contribution is 2.41. The van der Waals surface area contributed by atoms with Crippen molar-refractivity contribution >= 4 is 98.0 Å². The minimum atomic E-state index is 0.557. The molecule has 4 aromatic heterocycles. The number of hydrogen-bond donors (Lipinski definition) is 0. The minimum Gasteiger partial charge on any atom is -0.456 e. The number of fused-ring (bicyclic) bond motifs is 13. The summed E-state index contributed by atoms with van der Waals surface area (Å²) in [4.78, 5) is 15.5. The summed E-state index contributed by atoms with van der Waals surface area (Å²) in [5.74, 6) is 1.72. The van der Waals surface area contributed by atoms with Crippen LogP contribution in [-0.4, -0.2) is 19.5 Å². The van der Waals surface area contributed by atoms with Gasteiger partial charge in [0.15, 0.2) is 17.5 Å². The van der Waals surface area contributed by atoms with E-state index >= 15 is 0 Å². The fraction of sp³-hybridized carbons (Fsp3) is 0. The molecule has 6 heteroatoms. The van der Waals surface area contributed by atoms with Crippen molar-refractivity contribution in [1.82, 2.24) is 19.5 Å². The summed E-state index contributed by atoms with van der Waals surface area (Å²) in [7, 11) is 0. The van der Waals surface area contributed by atoms with E-state index in [1.54, 1.807) is 0 Å². The zero-order valence-electron chi connectivity index (χ0n) is 33.6. The standard InChI is InChI=1S/C57H32N4O2/c1-2-11-35-28-38(21-20-33(35)10-1)55-58-56(60-57(59-55)44-16-9-19-50-53(44)42-15-6-8-18-49(42)62-50)39-23-26-43-52(31-39)63-51-27-24-34-22-25-40(32-45(34)54(43)51)61-47-17-7-5-14-41(47)46-29-36-12-3-4-13-37(36)30-48(46)61/h1-32H. The fourth-order valence-electron chi connectivity index (χ4n) is 9.84. The average molecular weight is 805 g/mol. The highest BCUT2D eigenvalue weighted by Gasteiger charge is 2.20. The van der Waals surface area contributed by atoms with E-state index in [1.807, 2.05) is 30.3 Å². The summed E-state index contributed by atoms with van der Waals surface area (Å²) in [5.41, 5.74) is 9.27. The van der Waals surface area contributed by atoms with Crippen molar-refractivity contribution in [3.05, 3.63) is 194 Å². The minimum absolute atomic E-state index is 0.557. The van der Waals surface area contributed by atoms with E-state index in [2.05, 4.69) is 168 Å². The molecule has 63 heavy (non-hydrogen) atoms. The second kappa shape index (κ2) is 12.9. The molecule has 0 saturated carbocycles. The number of benzene rings is 10. The topological polar surface area (TPSA) is 69.9 Å². The van der Waals surface area contributed by atoms with Gasteiger partial charge in [0.05, 0.1) is 11.0 Å². The van der Waals surface area contributed by atoms with Crippen LogP contribution in [-0.2, 0) is 0 Å². The van der Waals surface area contributed by atoms with Crippen LogP contribution in [0.2, 0.25) is 0 Å². The Morgan fingerprint density at radius 2 is 0.937 bits per heavy atom. The van der Waals surface area contributed by atoms with Gasteiger partial charge < -0.3 is 13.4 Å². The zero-order valence-corrected chi connectivity index (χ0v) is 33.6. The van der Waals surface area contributed by atoms with E-state index < -0.39 is 0 Å². The van der Waals surface area contributed by atoms with Crippen molar-refractivity contribution in [2.75, 3.05) is 0 Å². The van der Waals surface area contributed by atoms with Gasteiger partial charge in [-0.1, -0.05) is 127 Å². The Morgan fingerprint density at radius 1 is 0.317 bits per heavy atom. The number of furan rings is 2. The molecule has 0 aliphatic heterocycles. The van der Waals surface area contributed by atoms with Crippen molar-refractivity contribution in [2.24, 2.45) is 0 Å². The van der Waals surface area contributed by atoms with E-state index in [4.69, 9.17) is 23.8 Å². The SMILES string of the molecule is c1ccc2cc(-c3nc(-c4ccc5c(c4)oc4ccc6ccc(-n7c8ccccc8c8cc9ccccc9cc87)cc6c45)nc(-c4cccc5oc6ccccc6c45)n3)ccc2c1. The molecule has 0 N–H and O–H groups in total. The largest absolute Gasteiger partial charge is 0.456 e. The zero-order chi connectivity index (χ0) is 41.2. The maximum absolute atomic E-state index is 6.72. The van der Waals surface area contributed by atoms with Gasteiger partial charge in [0.1, 0.15) is 22.3 Å². The predicted molar refractivity (Wildman–Crippen MR) is 258 cm³/mol. The summed E-state index contributed by atoms with van der Waals surface area (Å²) < 4.78 is 15.4. The fourth-order valence-corrected chi connectivity index (χ4v) is 9.84. The van der Waals surface area contributed by atoms with Gasteiger partial charge in [-0.2, -0.15) is 0 Å². The molecule has 4 heterocycles. The third-order valence-electron chi connectivity index (χ3n) is 12.8. The first-order chi connectivity index (χ1) is 31.2. The molecule has 292 valence electrons. The molecule has 14 rings (SSSR count). The van der Waals surface area contributed by atoms with Crippen molar-refractivity contribution < 1.29 is 8.83 Å². The molecule has 0 unspecified atom stereocenters. The normalized spacial score (nSPS) is 12.1. The molecule has 0 fully saturated rings. The van der Waals surface area contributed by atoms with Crippen LogP contribution < -0.4 is 0 Å². The lowest BCUT2D eigenvalue weighted by molar-refractivity contribution is 0.669. The average Bonchev–Trinajstić information content (AvgIpc) is 4.02. The van der Waals surface area contributed by atoms with E-state index in [-0.39, 0.29) is 0 Å². The van der Waals surface area contributed by atoms with Crippen LogP contribution in [0.4, 0.5) is 0 Å². The highest BCUT2D eigenvalue weighted by molar-refractivity contribution is 6.20. The summed E-state index contributed by atoms with van der Waals surface area (Å²) in [5, 5.41) is 13.6. The Labute approximate surface area is 358 Å². The van der Waals surface area contributed by atoms with E-state index in [1.165, 1.54) is 32.6 Å². The first kappa shape index (κ1) is 34.1. The Hall–Kier alpha value is -8.61. The lowest BCUT2D eigenvalue weighted by atomic mass is 10.0. The molecule has 0 amide bonds. The molecule has 0 spiro atoms. The van der Waals surface area contributed by atoms with Gasteiger partial charge in [-0.15, -0.1) is 0 Å². The first-order valence-electron chi connectivity index (χ1n) is 21.2. The van der Waals surface area contributed by atoms with Gasteiger partial charge in [-0.3, -0.25) is 0 Å². The number of hydrogen-bond acceptors (Lipinski definition) is 5. The molecule has 0 saturated heterocycles. The van der Waals surface area contributed by atoms with Crippen LogP contribution in [0.15, 0.2) is 203 Å². The lowest BCUT2D eigenvalue weighted by Gasteiger charge is -2.11.